The van der Waals surface area contributed by atoms with Crippen LogP contribution in [-0.2, 0) is 39.9 Å². The van der Waals surface area contributed by atoms with Gasteiger partial charge in [-0.15, -0.1) is 5.41 Å². The summed E-state index contributed by atoms with van der Waals surface area (Å²) in [5.41, 5.74) is 12.3. The van der Waals surface area contributed by atoms with Crippen LogP contribution in [0.2, 0.25) is 0 Å². The first-order valence-corrected chi connectivity index (χ1v) is 33.7. The van der Waals surface area contributed by atoms with Crippen LogP contribution in [0, 0.1) is 32.5 Å². The molecule has 2 aliphatic rings. The average molecular weight is 1150 g/mol. The van der Waals surface area contributed by atoms with Crippen LogP contribution < -0.4 is 14.7 Å². The van der Waals surface area contributed by atoms with E-state index in [2.05, 4.69) is 160 Å². The molecule has 5 aromatic carbocycles. The summed E-state index contributed by atoms with van der Waals surface area (Å²) in [7, 11) is 23.3. The molecule has 0 bridgehead atoms. The normalized spacial score (nSPS) is 15.2. The summed E-state index contributed by atoms with van der Waals surface area (Å²) < 4.78 is 12.8. The van der Waals surface area contributed by atoms with Gasteiger partial charge in [0.1, 0.15) is 0 Å². The summed E-state index contributed by atoms with van der Waals surface area (Å²) in [5, 5.41) is 0. The third kappa shape index (κ3) is 17.3. The van der Waals surface area contributed by atoms with E-state index < -0.39 is 27.0 Å². The predicted molar refractivity (Wildman–Crippen MR) is 286 cm³/mol. The molecule has 5 nitrogen and oxygen atoms in total. The van der Waals surface area contributed by atoms with Crippen LogP contribution >= 0.6 is 38.8 Å². The van der Waals surface area contributed by atoms with E-state index in [1.54, 1.807) is 0 Å². The first-order chi connectivity index (χ1) is 31.2. The fourth-order valence-electron chi connectivity index (χ4n) is 8.40. The number of hydrogen-bond donors (Lipinski definition) is 0. The predicted octanol–water partition coefficient (Wildman–Crippen LogP) is 15.6. The Bertz CT molecular complexity index is 2220. The SMILES string of the molecule is CC(C)[OH+]c1ccccc1[CH]=[Ru]([Cl])[Cl].CC(C)[OH+]c1ccccc1[CH]=[Ru]([Cl])[Cl].CCc1cccc(CC)c1N1[CH-]C(C)(C)CC1(C)C.Cc1ccccc1N1[CH-]N(c2ccccc2C)CC1. The molecule has 0 aromatic heterocycles. The molecular weight excluding hydrogens is 1080 g/mol. The summed E-state index contributed by atoms with van der Waals surface area (Å²) in [6.07, 6.45) is 3.99. The Kier molecular flexibility index (Phi) is 22.7. The van der Waals surface area contributed by atoms with E-state index in [1.807, 2.05) is 85.4 Å². The molecule has 2 heterocycles. The quantitative estimate of drug-likeness (QED) is 0.0751. The minimum atomic E-state index is -1.75. The van der Waals surface area contributed by atoms with Crippen molar-refractivity contribution in [1.29, 1.82) is 0 Å². The summed E-state index contributed by atoms with van der Waals surface area (Å²) in [6, 6.07) is 39.7. The van der Waals surface area contributed by atoms with Crippen molar-refractivity contribution in [1.82, 2.24) is 0 Å². The number of para-hydroxylation sites is 5. The summed E-state index contributed by atoms with van der Waals surface area (Å²) >= 11 is -3.50. The molecule has 0 atom stereocenters. The van der Waals surface area contributed by atoms with E-state index in [0.29, 0.717) is 0 Å². The second-order valence-electron chi connectivity index (χ2n) is 18.4. The molecule has 2 N–H and O–H groups in total. The maximum atomic E-state index is 5.83. The van der Waals surface area contributed by atoms with Crippen LogP contribution in [0.4, 0.5) is 17.1 Å². The number of ether oxygens (including phenoxy) is 2. The van der Waals surface area contributed by atoms with Crippen molar-refractivity contribution in [2.24, 2.45) is 5.41 Å². The van der Waals surface area contributed by atoms with E-state index in [9.17, 15) is 0 Å². The molecule has 0 spiro atoms. The minimum absolute atomic E-state index is 0.207. The topological polar surface area (TPSA) is 35.3 Å². The van der Waals surface area contributed by atoms with Gasteiger partial charge in [0.15, 0.2) is 0 Å². The first-order valence-electron chi connectivity index (χ1n) is 22.8. The smallest absolute Gasteiger partial charge is 0.0140 e. The number of rotatable bonds is 11. The Morgan fingerprint density at radius 1 is 0.591 bits per heavy atom. The Hall–Kier alpha value is -2.75. The second-order valence-corrected chi connectivity index (χ2v) is 29.8. The Balaban J connectivity index is 0.000000195. The van der Waals surface area contributed by atoms with Crippen molar-refractivity contribution in [3.8, 4) is 11.5 Å². The van der Waals surface area contributed by atoms with Gasteiger partial charge >= 0.3 is 196 Å². The third-order valence-corrected chi connectivity index (χ3v) is 14.6. The zero-order valence-electron chi connectivity index (χ0n) is 40.9. The van der Waals surface area contributed by atoms with Crippen molar-refractivity contribution in [3.05, 3.63) is 162 Å². The van der Waals surface area contributed by atoms with E-state index in [1.165, 1.54) is 45.7 Å². The number of anilines is 3. The Morgan fingerprint density at radius 2 is 0.985 bits per heavy atom. The molecule has 5 aromatic rings. The Morgan fingerprint density at radius 3 is 1.33 bits per heavy atom. The van der Waals surface area contributed by atoms with Crippen molar-refractivity contribution >= 4 is 65.0 Å². The molecule has 0 aliphatic carbocycles. The van der Waals surface area contributed by atoms with Gasteiger partial charge in [-0.1, -0.05) is 88.7 Å². The molecular formula is C55H73Cl4N3O2Ru2. The van der Waals surface area contributed by atoms with Gasteiger partial charge in [-0.3, -0.25) is 0 Å². The van der Waals surface area contributed by atoms with Crippen molar-refractivity contribution in [2.45, 2.75) is 120 Å². The van der Waals surface area contributed by atoms with Crippen LogP contribution in [0.5, 0.6) is 11.5 Å². The molecule has 2 aliphatic heterocycles. The standard InChI is InChI=1S/C18H28N.C17H19N2.2C10H12O.4ClH.2Ru/c1-7-14-10-9-11-15(8-2)16(14)19-13-17(3,4)12-18(19,5)6;1-14-7-3-5-9-16(14)18-11-12-19(13-18)17-10-6-4-8-15(17)2;2*1-8(2)11-10-7-5-4-6-9(10)3;;;;;;/h9-11,13H,7-8,12H2,1-6H3;3-10,13H,11-12H2,1-2H3;2*3-8H,1-2H3;4*1H;;/q2*-1;;;;;;;2*+2/p-2. The van der Waals surface area contributed by atoms with Crippen molar-refractivity contribution in [2.75, 3.05) is 27.8 Å². The largest absolute Gasteiger partial charge is 0.517 e. The van der Waals surface area contributed by atoms with Gasteiger partial charge in [0.25, 0.3) is 0 Å². The third-order valence-electron chi connectivity index (χ3n) is 11.0. The fraction of sp³-hybridized carbons (Fsp3) is 0.382. The number of aliphatic hydroxyl groups is 2. The van der Waals surface area contributed by atoms with Gasteiger partial charge in [0.05, 0.1) is 0 Å². The fourth-order valence-corrected chi connectivity index (χ4v) is 12.0. The maximum Gasteiger partial charge on any atom is 0.0140 e. The van der Waals surface area contributed by atoms with Crippen LogP contribution in [0.1, 0.15) is 109 Å². The maximum absolute atomic E-state index is 5.83. The summed E-state index contributed by atoms with van der Waals surface area (Å²) in [5.74, 6) is 1.95. The van der Waals surface area contributed by atoms with Gasteiger partial charge in [0, 0.05) is 35.7 Å². The number of benzene rings is 5. The van der Waals surface area contributed by atoms with Crippen LogP contribution in [0.15, 0.2) is 115 Å². The van der Waals surface area contributed by atoms with Gasteiger partial charge in [-0.25, -0.2) is 6.54 Å². The molecule has 2 fully saturated rings. The Labute approximate surface area is 424 Å². The summed E-state index contributed by atoms with van der Waals surface area (Å²) in [6.45, 7) is 33.2. The van der Waals surface area contributed by atoms with Crippen LogP contribution in [0.25, 0.3) is 0 Å². The van der Waals surface area contributed by atoms with Gasteiger partial charge in [-0.05, 0) is 74.9 Å². The molecule has 66 heavy (non-hydrogen) atoms. The number of halogens is 4. The van der Waals surface area contributed by atoms with Crippen molar-refractivity contribution < 1.29 is 36.5 Å². The van der Waals surface area contributed by atoms with Gasteiger partial charge < -0.3 is 14.7 Å². The molecule has 364 valence electrons. The van der Waals surface area contributed by atoms with Crippen LogP contribution in [0.3, 0.4) is 0 Å². The molecule has 0 saturated carbocycles. The van der Waals surface area contributed by atoms with Gasteiger partial charge in [-0.2, -0.15) is 6.67 Å². The monoisotopic (exact) mass is 1150 g/mol. The van der Waals surface area contributed by atoms with Crippen LogP contribution in [-0.4, -0.2) is 49.5 Å². The zero-order chi connectivity index (χ0) is 48.6. The zero-order valence-corrected chi connectivity index (χ0v) is 47.4. The molecule has 7 rings (SSSR count). The number of aromatic hydroxyl groups is 2. The molecule has 2 saturated heterocycles. The van der Waals surface area contributed by atoms with Crippen molar-refractivity contribution in [3.63, 3.8) is 0 Å². The van der Waals surface area contributed by atoms with E-state index >= 15 is 0 Å². The molecule has 11 heteroatoms. The average Bonchev–Trinajstić information content (AvgIpc) is 3.82. The van der Waals surface area contributed by atoms with E-state index in [0.717, 1.165) is 48.6 Å². The molecule has 0 unspecified atom stereocenters. The second kappa shape index (κ2) is 26.9. The minimum Gasteiger partial charge on any atom is -0.517 e. The number of aryl methyl sites for hydroxylation is 4. The van der Waals surface area contributed by atoms with Gasteiger partial charge in [0.2, 0.25) is 0 Å². The summed E-state index contributed by atoms with van der Waals surface area (Å²) in [4.78, 5) is 7.22. The van der Waals surface area contributed by atoms with E-state index in [-0.39, 0.29) is 23.2 Å². The number of hydrogen-bond acceptors (Lipinski definition) is 3. The first kappa shape index (κ1) is 55.8. The molecule has 0 amide bonds. The van der Waals surface area contributed by atoms with E-state index in [4.69, 9.17) is 38.8 Å². The number of nitrogens with zero attached hydrogens (tertiary/aromatic N) is 3. The molecule has 0 radical (unpaired) electrons.